The molecule has 0 atom stereocenters. The Balaban J connectivity index is 1.37. The second kappa shape index (κ2) is 8.53. The smallest absolute Gasteiger partial charge is 0.275 e. The van der Waals surface area contributed by atoms with Crippen molar-refractivity contribution in [3.63, 3.8) is 0 Å². The van der Waals surface area contributed by atoms with Crippen LogP contribution in [0.5, 0.6) is 0 Å². The predicted octanol–water partition coefficient (Wildman–Crippen LogP) is 3.83. The Morgan fingerprint density at radius 3 is 2.13 bits per heavy atom. The largest absolute Gasteiger partial charge is 0.368 e. The summed E-state index contributed by atoms with van der Waals surface area (Å²) in [6, 6.07) is 18.5. The van der Waals surface area contributed by atoms with Crippen molar-refractivity contribution in [2.75, 3.05) is 49.1 Å². The van der Waals surface area contributed by atoms with Gasteiger partial charge in [0.15, 0.2) is 11.5 Å². The fourth-order valence-corrected chi connectivity index (χ4v) is 4.66. The van der Waals surface area contributed by atoms with Crippen LogP contribution in [0.15, 0.2) is 54.6 Å². The molecule has 1 amide bonds. The number of amides is 1. The molecule has 2 saturated heterocycles. The number of benzene rings is 2. The molecular formula is C25H29N5O. The average molecular weight is 416 g/mol. The zero-order valence-electron chi connectivity index (χ0n) is 18.1. The van der Waals surface area contributed by atoms with Gasteiger partial charge in [-0.25, -0.2) is 0 Å². The monoisotopic (exact) mass is 415 g/mol. The van der Waals surface area contributed by atoms with Crippen LogP contribution in [-0.2, 0) is 0 Å². The predicted molar refractivity (Wildman–Crippen MR) is 125 cm³/mol. The van der Waals surface area contributed by atoms with E-state index in [1.165, 1.54) is 18.5 Å². The van der Waals surface area contributed by atoms with Crippen molar-refractivity contribution < 1.29 is 4.79 Å². The molecular weight excluding hydrogens is 386 g/mol. The maximum Gasteiger partial charge on any atom is 0.275 e. The van der Waals surface area contributed by atoms with Gasteiger partial charge in [-0.1, -0.05) is 49.4 Å². The van der Waals surface area contributed by atoms with Gasteiger partial charge in [-0.05, 0) is 30.9 Å². The van der Waals surface area contributed by atoms with E-state index in [4.69, 9.17) is 0 Å². The van der Waals surface area contributed by atoms with Crippen LogP contribution in [0.3, 0.4) is 0 Å². The Bertz CT molecular complexity index is 1050. The fraction of sp³-hybridized carbons (Fsp3) is 0.400. The van der Waals surface area contributed by atoms with Crippen molar-refractivity contribution in [3.05, 3.63) is 60.3 Å². The number of aromatic nitrogens is 2. The van der Waals surface area contributed by atoms with E-state index in [0.29, 0.717) is 18.8 Å². The highest BCUT2D eigenvalue weighted by Crippen LogP contribution is 2.29. The molecule has 0 spiro atoms. The lowest BCUT2D eigenvalue weighted by molar-refractivity contribution is 0.0742. The molecule has 2 aliphatic rings. The SMILES string of the molecule is CC1CCN(c2nnc(C(=O)N3CCN(c4ccccc4)CC3)c3ccccc23)CC1. The molecule has 2 fully saturated rings. The zero-order valence-corrected chi connectivity index (χ0v) is 18.1. The summed E-state index contributed by atoms with van der Waals surface area (Å²) in [6.07, 6.45) is 2.34. The fourth-order valence-electron chi connectivity index (χ4n) is 4.66. The van der Waals surface area contributed by atoms with Crippen LogP contribution in [0.2, 0.25) is 0 Å². The van der Waals surface area contributed by atoms with E-state index in [9.17, 15) is 4.79 Å². The van der Waals surface area contributed by atoms with Crippen LogP contribution in [0.1, 0.15) is 30.3 Å². The molecule has 160 valence electrons. The van der Waals surface area contributed by atoms with Crippen LogP contribution in [0, 0.1) is 5.92 Å². The highest BCUT2D eigenvalue weighted by atomic mass is 16.2. The highest BCUT2D eigenvalue weighted by molar-refractivity contribution is 6.07. The third kappa shape index (κ3) is 3.94. The minimum Gasteiger partial charge on any atom is -0.368 e. The number of piperidine rings is 1. The Hall–Kier alpha value is -3.15. The van der Waals surface area contributed by atoms with E-state index in [1.807, 2.05) is 29.2 Å². The number of rotatable bonds is 3. The number of carbonyl (C=O) groups excluding carboxylic acids is 1. The second-order valence-corrected chi connectivity index (χ2v) is 8.70. The van der Waals surface area contributed by atoms with Gasteiger partial charge in [0.2, 0.25) is 0 Å². The number of nitrogens with zero attached hydrogens (tertiary/aromatic N) is 5. The number of para-hydroxylation sites is 1. The number of anilines is 2. The summed E-state index contributed by atoms with van der Waals surface area (Å²) in [7, 11) is 0. The zero-order chi connectivity index (χ0) is 21.2. The van der Waals surface area contributed by atoms with Gasteiger partial charge in [0, 0.05) is 55.7 Å². The summed E-state index contributed by atoms with van der Waals surface area (Å²) in [5.41, 5.74) is 1.68. The van der Waals surface area contributed by atoms with Crippen molar-refractivity contribution in [1.82, 2.24) is 15.1 Å². The molecule has 0 bridgehead atoms. The number of hydrogen-bond donors (Lipinski definition) is 0. The number of carbonyl (C=O) groups is 1. The Kier molecular flexibility index (Phi) is 5.45. The van der Waals surface area contributed by atoms with Crippen molar-refractivity contribution >= 4 is 28.2 Å². The lowest BCUT2D eigenvalue weighted by Gasteiger charge is -2.36. The molecule has 1 aromatic heterocycles. The van der Waals surface area contributed by atoms with Gasteiger partial charge in [-0.15, -0.1) is 10.2 Å². The summed E-state index contributed by atoms with van der Waals surface area (Å²) in [6.45, 7) is 7.32. The molecule has 0 saturated carbocycles. The highest BCUT2D eigenvalue weighted by Gasteiger charge is 2.27. The molecule has 0 radical (unpaired) electrons. The van der Waals surface area contributed by atoms with Gasteiger partial charge in [0.1, 0.15) is 0 Å². The Labute approximate surface area is 183 Å². The Morgan fingerprint density at radius 2 is 1.42 bits per heavy atom. The van der Waals surface area contributed by atoms with E-state index in [0.717, 1.165) is 48.7 Å². The van der Waals surface area contributed by atoms with Crippen LogP contribution in [0.25, 0.3) is 10.8 Å². The summed E-state index contributed by atoms with van der Waals surface area (Å²) < 4.78 is 0. The van der Waals surface area contributed by atoms with Crippen LogP contribution in [0.4, 0.5) is 11.5 Å². The molecule has 3 heterocycles. The van der Waals surface area contributed by atoms with Gasteiger partial charge in [-0.2, -0.15) is 0 Å². The van der Waals surface area contributed by atoms with E-state index in [-0.39, 0.29) is 5.91 Å². The van der Waals surface area contributed by atoms with Gasteiger partial charge < -0.3 is 14.7 Å². The van der Waals surface area contributed by atoms with Crippen molar-refractivity contribution in [2.45, 2.75) is 19.8 Å². The quantitative estimate of drug-likeness (QED) is 0.651. The first kappa shape index (κ1) is 19.8. The molecule has 6 nitrogen and oxygen atoms in total. The van der Waals surface area contributed by atoms with E-state index < -0.39 is 0 Å². The molecule has 5 rings (SSSR count). The second-order valence-electron chi connectivity index (χ2n) is 8.70. The molecule has 0 unspecified atom stereocenters. The summed E-state index contributed by atoms with van der Waals surface area (Å²) in [5, 5.41) is 10.9. The maximum atomic E-state index is 13.4. The first-order chi connectivity index (χ1) is 15.2. The molecule has 2 aliphatic heterocycles. The molecule has 6 heteroatoms. The van der Waals surface area contributed by atoms with Gasteiger partial charge in [0.05, 0.1) is 0 Å². The number of piperazine rings is 1. The van der Waals surface area contributed by atoms with Gasteiger partial charge in [0.25, 0.3) is 5.91 Å². The summed E-state index contributed by atoms with van der Waals surface area (Å²) in [4.78, 5) is 19.9. The molecule has 2 aromatic carbocycles. The van der Waals surface area contributed by atoms with Gasteiger partial charge in [-0.3, -0.25) is 4.79 Å². The number of hydrogen-bond acceptors (Lipinski definition) is 5. The molecule has 0 aliphatic carbocycles. The molecule has 31 heavy (non-hydrogen) atoms. The minimum absolute atomic E-state index is 0.0183. The van der Waals surface area contributed by atoms with Crippen molar-refractivity contribution in [1.29, 1.82) is 0 Å². The maximum absolute atomic E-state index is 13.4. The normalized spacial score (nSPS) is 17.9. The van der Waals surface area contributed by atoms with Crippen molar-refractivity contribution in [3.8, 4) is 0 Å². The van der Waals surface area contributed by atoms with Crippen LogP contribution >= 0.6 is 0 Å². The standard InChI is InChI=1S/C25H29N5O/c1-19-11-13-29(14-12-19)24-22-10-6-5-9-21(22)23(26-27-24)25(31)30-17-15-28(16-18-30)20-7-3-2-4-8-20/h2-10,19H,11-18H2,1H3. The molecule has 3 aromatic rings. The topological polar surface area (TPSA) is 52.6 Å². The summed E-state index contributed by atoms with van der Waals surface area (Å²) >= 11 is 0. The van der Waals surface area contributed by atoms with Crippen LogP contribution in [-0.4, -0.2) is 60.3 Å². The van der Waals surface area contributed by atoms with Crippen molar-refractivity contribution in [2.24, 2.45) is 5.92 Å². The Morgan fingerprint density at radius 1 is 0.774 bits per heavy atom. The van der Waals surface area contributed by atoms with Gasteiger partial charge >= 0.3 is 0 Å². The first-order valence-corrected chi connectivity index (χ1v) is 11.3. The average Bonchev–Trinajstić information content (AvgIpc) is 2.84. The van der Waals surface area contributed by atoms with E-state index in [2.05, 4.69) is 57.3 Å². The third-order valence-corrected chi connectivity index (χ3v) is 6.64. The third-order valence-electron chi connectivity index (χ3n) is 6.64. The lowest BCUT2D eigenvalue weighted by Crippen LogP contribution is -2.49. The summed E-state index contributed by atoms with van der Waals surface area (Å²) in [5.74, 6) is 1.65. The lowest BCUT2D eigenvalue weighted by atomic mass is 9.99. The minimum atomic E-state index is -0.0183. The van der Waals surface area contributed by atoms with E-state index >= 15 is 0 Å². The molecule has 0 N–H and O–H groups in total. The van der Waals surface area contributed by atoms with Crippen LogP contribution < -0.4 is 9.80 Å². The number of fused-ring (bicyclic) bond motifs is 1. The van der Waals surface area contributed by atoms with E-state index in [1.54, 1.807) is 0 Å². The first-order valence-electron chi connectivity index (χ1n) is 11.3.